The molecule has 1 atom stereocenters. The van der Waals surface area contributed by atoms with Crippen LogP contribution in [-0.4, -0.2) is 75.0 Å². The number of aryl methyl sites for hydroxylation is 1. The number of aromatic nitrogens is 4. The van der Waals surface area contributed by atoms with Crippen molar-refractivity contribution < 1.29 is 18.4 Å². The quantitative estimate of drug-likeness (QED) is 0.311. The standard InChI is InChI=1S/C29H34FN7O3/c1-29(2,3)27-33-22(16-40-27)23(38)9-8-17-6-7-18(14-21(17)30)20-10-12-31-25-24(20)26(35-34-25)32-19-11-13-37(15-19)28(39)36(4)5/h6-7,10,12,14,16,19H,8-9,11,13,15H2,1-5H3,(H2,31,32,34,35)/t19-/m1/s1. The third-order valence-electron chi connectivity index (χ3n) is 7.06. The molecular weight excluding hydrogens is 513 g/mol. The van der Waals surface area contributed by atoms with E-state index in [0.29, 0.717) is 41.6 Å². The molecule has 1 aliphatic heterocycles. The Balaban J connectivity index is 1.31. The normalized spacial score (nSPS) is 15.6. The summed E-state index contributed by atoms with van der Waals surface area (Å²) in [6, 6.07) is 6.87. The SMILES string of the molecule is CN(C)C(=O)N1CC[C@@H](Nc2n[nH]c3nccc(-c4ccc(CCC(=O)c5coc(C(C)(C)C)n5)c(F)c4)c23)C1. The molecular formula is C29H34FN7O3. The third kappa shape index (κ3) is 5.54. The maximum Gasteiger partial charge on any atom is 0.319 e. The van der Waals surface area contributed by atoms with Gasteiger partial charge in [0.25, 0.3) is 0 Å². The van der Waals surface area contributed by atoms with Gasteiger partial charge in [0.15, 0.2) is 23.1 Å². The summed E-state index contributed by atoms with van der Waals surface area (Å²) in [6.45, 7) is 7.10. The zero-order chi connectivity index (χ0) is 28.6. The molecule has 4 aromatic rings. The second-order valence-electron chi connectivity index (χ2n) is 11.4. The molecule has 0 bridgehead atoms. The van der Waals surface area contributed by atoms with Crippen LogP contribution in [0.4, 0.5) is 15.0 Å². The number of hydrogen-bond acceptors (Lipinski definition) is 7. The fourth-order valence-electron chi connectivity index (χ4n) is 4.86. The molecule has 40 heavy (non-hydrogen) atoms. The van der Waals surface area contributed by atoms with Gasteiger partial charge in [-0.25, -0.2) is 19.2 Å². The fourth-order valence-corrected chi connectivity index (χ4v) is 4.86. The first-order valence-corrected chi connectivity index (χ1v) is 13.3. The van der Waals surface area contributed by atoms with Gasteiger partial charge < -0.3 is 19.5 Å². The van der Waals surface area contributed by atoms with Crippen LogP contribution in [0.15, 0.2) is 41.1 Å². The van der Waals surface area contributed by atoms with Gasteiger partial charge in [-0.2, -0.15) is 5.10 Å². The number of carbonyl (C=O) groups is 2. The number of nitrogens with zero attached hydrogens (tertiary/aromatic N) is 5. The molecule has 1 aromatic carbocycles. The Bertz CT molecular complexity index is 1550. The lowest BCUT2D eigenvalue weighted by Crippen LogP contribution is -2.38. The predicted octanol–water partition coefficient (Wildman–Crippen LogP) is 5.03. The highest BCUT2D eigenvalue weighted by Crippen LogP contribution is 2.33. The number of hydrogen-bond donors (Lipinski definition) is 2. The number of likely N-dealkylation sites (tertiary alicyclic amines) is 1. The monoisotopic (exact) mass is 547 g/mol. The predicted molar refractivity (Wildman–Crippen MR) is 150 cm³/mol. The molecule has 2 amide bonds. The Morgan fingerprint density at radius 2 is 2.05 bits per heavy atom. The smallest absolute Gasteiger partial charge is 0.319 e. The van der Waals surface area contributed by atoms with Gasteiger partial charge in [0, 0.05) is 51.3 Å². The minimum absolute atomic E-state index is 0.0218. The number of urea groups is 1. The van der Waals surface area contributed by atoms with Crippen molar-refractivity contribution in [2.75, 3.05) is 32.5 Å². The van der Waals surface area contributed by atoms with Crippen molar-refractivity contribution in [1.82, 2.24) is 30.0 Å². The average Bonchev–Trinajstić information content (AvgIpc) is 3.67. The number of anilines is 1. The summed E-state index contributed by atoms with van der Waals surface area (Å²) in [5.74, 6) is 0.526. The van der Waals surface area contributed by atoms with E-state index in [9.17, 15) is 9.59 Å². The van der Waals surface area contributed by atoms with Gasteiger partial charge >= 0.3 is 6.03 Å². The first kappa shape index (κ1) is 27.3. The van der Waals surface area contributed by atoms with Crippen molar-refractivity contribution in [3.63, 3.8) is 0 Å². The van der Waals surface area contributed by atoms with Crippen LogP contribution in [0.3, 0.4) is 0 Å². The van der Waals surface area contributed by atoms with Crippen molar-refractivity contribution >= 4 is 28.7 Å². The lowest BCUT2D eigenvalue weighted by Gasteiger charge is -2.21. The Labute approximate surface area is 232 Å². The number of benzene rings is 1. The minimum Gasteiger partial charge on any atom is -0.448 e. The summed E-state index contributed by atoms with van der Waals surface area (Å²) in [7, 11) is 3.48. The molecule has 4 heterocycles. The number of H-pyrrole nitrogens is 1. The number of halogens is 1. The maximum atomic E-state index is 15.2. The minimum atomic E-state index is -0.391. The van der Waals surface area contributed by atoms with Gasteiger partial charge in [0.1, 0.15) is 17.8 Å². The average molecular weight is 548 g/mol. The number of fused-ring (bicyclic) bond motifs is 1. The van der Waals surface area contributed by atoms with Crippen LogP contribution in [0.25, 0.3) is 22.2 Å². The number of oxazole rings is 1. The Morgan fingerprint density at radius 1 is 1.25 bits per heavy atom. The first-order valence-electron chi connectivity index (χ1n) is 13.3. The molecule has 3 aromatic heterocycles. The van der Waals surface area contributed by atoms with Crippen molar-refractivity contribution in [3.05, 3.63) is 59.7 Å². The summed E-state index contributed by atoms with van der Waals surface area (Å²) in [6.07, 6.45) is 4.18. The van der Waals surface area contributed by atoms with E-state index in [0.717, 1.165) is 17.4 Å². The highest BCUT2D eigenvalue weighted by atomic mass is 19.1. The van der Waals surface area contributed by atoms with E-state index in [2.05, 4.69) is 25.5 Å². The van der Waals surface area contributed by atoms with Gasteiger partial charge in [0.05, 0.1) is 5.39 Å². The number of carbonyl (C=O) groups excluding carboxylic acids is 2. The summed E-state index contributed by atoms with van der Waals surface area (Å²) >= 11 is 0. The number of Topliss-reactive ketones (excluding diaryl/α,β-unsaturated/α-hetero) is 1. The van der Waals surface area contributed by atoms with E-state index in [1.54, 1.807) is 36.2 Å². The highest BCUT2D eigenvalue weighted by Gasteiger charge is 2.28. The van der Waals surface area contributed by atoms with E-state index < -0.39 is 5.82 Å². The van der Waals surface area contributed by atoms with E-state index in [4.69, 9.17) is 4.42 Å². The summed E-state index contributed by atoms with van der Waals surface area (Å²) < 4.78 is 20.7. The molecule has 10 nitrogen and oxygen atoms in total. The van der Waals surface area contributed by atoms with Gasteiger partial charge in [0.2, 0.25) is 0 Å². The van der Waals surface area contributed by atoms with Crippen LogP contribution in [0.5, 0.6) is 0 Å². The third-order valence-corrected chi connectivity index (χ3v) is 7.06. The van der Waals surface area contributed by atoms with E-state index in [1.807, 2.05) is 32.9 Å². The van der Waals surface area contributed by atoms with Crippen LogP contribution in [-0.2, 0) is 11.8 Å². The Kier molecular flexibility index (Phi) is 7.31. The zero-order valence-electron chi connectivity index (χ0n) is 23.4. The second kappa shape index (κ2) is 10.7. The van der Waals surface area contributed by atoms with Crippen molar-refractivity contribution in [1.29, 1.82) is 0 Å². The zero-order valence-corrected chi connectivity index (χ0v) is 23.4. The molecule has 1 fully saturated rings. The molecule has 0 aliphatic carbocycles. The molecule has 210 valence electrons. The summed E-state index contributed by atoms with van der Waals surface area (Å²) in [5.41, 5.74) is 2.44. The highest BCUT2D eigenvalue weighted by molar-refractivity contribution is 6.00. The second-order valence-corrected chi connectivity index (χ2v) is 11.4. The van der Waals surface area contributed by atoms with Crippen molar-refractivity contribution in [2.45, 2.75) is 51.5 Å². The molecule has 1 saturated heterocycles. The number of nitrogens with one attached hydrogen (secondary N) is 2. The van der Waals surface area contributed by atoms with Gasteiger partial charge in [-0.05, 0) is 41.7 Å². The van der Waals surface area contributed by atoms with Crippen molar-refractivity contribution in [3.8, 4) is 11.1 Å². The van der Waals surface area contributed by atoms with Gasteiger partial charge in [-0.15, -0.1) is 0 Å². The van der Waals surface area contributed by atoms with E-state index in [-0.39, 0.29) is 41.8 Å². The van der Waals surface area contributed by atoms with Crippen LogP contribution < -0.4 is 5.32 Å². The molecule has 5 rings (SSSR count). The van der Waals surface area contributed by atoms with E-state index in [1.165, 1.54) is 12.3 Å². The van der Waals surface area contributed by atoms with Crippen LogP contribution >= 0.6 is 0 Å². The van der Waals surface area contributed by atoms with E-state index >= 15 is 4.39 Å². The molecule has 0 spiro atoms. The lowest BCUT2D eigenvalue weighted by atomic mass is 9.97. The molecule has 1 aliphatic rings. The molecule has 0 unspecified atom stereocenters. The number of aromatic amines is 1. The topological polar surface area (TPSA) is 120 Å². The molecule has 0 radical (unpaired) electrons. The number of ketones is 1. The van der Waals surface area contributed by atoms with Crippen molar-refractivity contribution in [2.24, 2.45) is 0 Å². The molecule has 11 heteroatoms. The maximum absolute atomic E-state index is 15.2. The summed E-state index contributed by atoms with van der Waals surface area (Å²) in [4.78, 5) is 37.0. The Morgan fingerprint density at radius 3 is 2.75 bits per heavy atom. The largest absolute Gasteiger partial charge is 0.448 e. The first-order chi connectivity index (χ1) is 19.0. The number of pyridine rings is 1. The van der Waals surface area contributed by atoms with Crippen LogP contribution in [0.1, 0.15) is 55.6 Å². The molecule has 0 saturated carbocycles. The summed E-state index contributed by atoms with van der Waals surface area (Å²) in [5, 5.41) is 11.6. The molecule has 2 N–H and O–H groups in total. The number of rotatable bonds is 7. The van der Waals surface area contributed by atoms with Crippen LogP contribution in [0.2, 0.25) is 0 Å². The van der Waals surface area contributed by atoms with Crippen LogP contribution in [0, 0.1) is 5.82 Å². The fraction of sp³-hybridized carbons (Fsp3) is 0.414. The lowest BCUT2D eigenvalue weighted by molar-refractivity contribution is 0.0977. The van der Waals surface area contributed by atoms with Gasteiger partial charge in [-0.3, -0.25) is 9.89 Å². The van der Waals surface area contributed by atoms with Gasteiger partial charge in [-0.1, -0.05) is 32.9 Å². The Hall–Kier alpha value is -4.28. The number of amides is 2.